The van der Waals surface area contributed by atoms with Crippen LogP contribution in [0.2, 0.25) is 0 Å². The Morgan fingerprint density at radius 3 is 2.69 bits per heavy atom. The molecule has 0 saturated heterocycles. The molecule has 5 heteroatoms. The van der Waals surface area contributed by atoms with Crippen molar-refractivity contribution in [2.45, 2.75) is 0 Å². The number of carbonyl (C=O) groups excluding carboxylic acids is 2. The fraction of sp³-hybridized carbons (Fsp3) is 0. The van der Waals surface area contributed by atoms with Gasteiger partial charge in [-0.1, -0.05) is 0 Å². The fourth-order valence-corrected chi connectivity index (χ4v) is 1.37. The molecule has 3 nitrogen and oxygen atoms in total. The summed E-state index contributed by atoms with van der Waals surface area (Å²) in [5, 5.41) is 0. The van der Waals surface area contributed by atoms with Gasteiger partial charge in [0.05, 0.1) is 10.0 Å². The van der Waals surface area contributed by atoms with Crippen LogP contribution in [0.1, 0.15) is 10.4 Å². The summed E-state index contributed by atoms with van der Waals surface area (Å²) >= 11 is 2.91. The molecule has 0 aromatic heterocycles. The van der Waals surface area contributed by atoms with Crippen molar-refractivity contribution in [3.8, 4) is 5.75 Å². The molecule has 0 spiro atoms. The topological polar surface area (TPSA) is 43.4 Å². The molecule has 1 heterocycles. The largest absolute Gasteiger partial charge is 0.420 e. The highest BCUT2D eigenvalue weighted by Crippen LogP contribution is 2.31. The van der Waals surface area contributed by atoms with E-state index in [1.165, 1.54) is 6.07 Å². The van der Waals surface area contributed by atoms with Crippen molar-refractivity contribution in [1.82, 2.24) is 0 Å². The third-order valence-corrected chi connectivity index (χ3v) is 2.26. The summed E-state index contributed by atoms with van der Waals surface area (Å²) in [4.78, 5) is 21.7. The van der Waals surface area contributed by atoms with Gasteiger partial charge in [-0.25, -0.2) is 9.18 Å². The van der Waals surface area contributed by atoms with E-state index in [9.17, 15) is 14.0 Å². The van der Waals surface area contributed by atoms with Crippen molar-refractivity contribution in [3.63, 3.8) is 0 Å². The van der Waals surface area contributed by atoms with E-state index in [0.29, 0.717) is 0 Å². The number of Topliss-reactive ketones (excluding diaryl/α,β-unsaturated/α-hetero) is 1. The van der Waals surface area contributed by atoms with Crippen molar-refractivity contribution < 1.29 is 18.7 Å². The number of esters is 1. The van der Waals surface area contributed by atoms with E-state index in [1.54, 1.807) is 0 Å². The lowest BCUT2D eigenvalue weighted by Gasteiger charge is -1.97. The lowest BCUT2D eigenvalue weighted by Crippen LogP contribution is -2.10. The molecule has 2 rings (SSSR count). The SMILES string of the molecule is O=C1Oc2cc(Br)c(F)cc2C1=O. The van der Waals surface area contributed by atoms with Gasteiger partial charge in [0, 0.05) is 0 Å². The molecule has 1 aromatic carbocycles. The highest BCUT2D eigenvalue weighted by Gasteiger charge is 2.31. The maximum atomic E-state index is 12.9. The number of fused-ring (bicyclic) bond motifs is 1. The summed E-state index contributed by atoms with van der Waals surface area (Å²) in [7, 11) is 0. The van der Waals surface area contributed by atoms with E-state index in [2.05, 4.69) is 20.7 Å². The number of hydrogen-bond donors (Lipinski definition) is 0. The smallest absolute Gasteiger partial charge is 0.385 e. The minimum Gasteiger partial charge on any atom is -0.420 e. The maximum Gasteiger partial charge on any atom is 0.385 e. The third-order valence-electron chi connectivity index (χ3n) is 1.66. The van der Waals surface area contributed by atoms with Crippen LogP contribution in [0.25, 0.3) is 0 Å². The first-order valence-electron chi connectivity index (χ1n) is 3.35. The van der Waals surface area contributed by atoms with Gasteiger partial charge in [0.1, 0.15) is 11.6 Å². The Morgan fingerprint density at radius 2 is 2.00 bits per heavy atom. The predicted molar refractivity (Wildman–Crippen MR) is 44.1 cm³/mol. The normalized spacial score (nSPS) is 14.3. The Hall–Kier alpha value is -1.23. The predicted octanol–water partition coefficient (Wildman–Crippen LogP) is 1.69. The molecule has 0 amide bonds. The maximum absolute atomic E-state index is 12.9. The first kappa shape index (κ1) is 8.37. The van der Waals surface area contributed by atoms with Crippen LogP contribution in [0.4, 0.5) is 4.39 Å². The van der Waals surface area contributed by atoms with Crippen molar-refractivity contribution >= 4 is 27.7 Å². The van der Waals surface area contributed by atoms with Gasteiger partial charge in [0.2, 0.25) is 0 Å². The fourth-order valence-electron chi connectivity index (χ4n) is 1.05. The van der Waals surface area contributed by atoms with Gasteiger partial charge in [0.25, 0.3) is 5.78 Å². The Morgan fingerprint density at radius 1 is 1.31 bits per heavy atom. The van der Waals surface area contributed by atoms with Gasteiger partial charge in [-0.15, -0.1) is 0 Å². The van der Waals surface area contributed by atoms with E-state index in [1.807, 2.05) is 0 Å². The summed E-state index contributed by atoms with van der Waals surface area (Å²) < 4.78 is 17.6. The molecule has 0 fully saturated rings. The second-order valence-electron chi connectivity index (χ2n) is 2.48. The quantitative estimate of drug-likeness (QED) is 0.397. The Balaban J connectivity index is 2.66. The number of rotatable bonds is 0. The molecule has 0 radical (unpaired) electrons. The Labute approximate surface area is 80.6 Å². The van der Waals surface area contributed by atoms with Crippen molar-refractivity contribution in [1.29, 1.82) is 0 Å². The molecular weight excluding hydrogens is 243 g/mol. The van der Waals surface area contributed by atoms with Gasteiger partial charge in [-0.05, 0) is 28.1 Å². The minimum atomic E-state index is -0.965. The zero-order valence-corrected chi connectivity index (χ0v) is 7.72. The van der Waals surface area contributed by atoms with Crippen LogP contribution in [-0.2, 0) is 4.79 Å². The highest BCUT2D eigenvalue weighted by atomic mass is 79.9. The molecule has 0 N–H and O–H groups in total. The number of ether oxygens (including phenoxy) is 1. The molecule has 0 atom stereocenters. The summed E-state index contributed by atoms with van der Waals surface area (Å²) in [5.74, 6) is -2.26. The molecule has 0 aliphatic carbocycles. The van der Waals surface area contributed by atoms with Crippen LogP contribution in [0.15, 0.2) is 16.6 Å². The van der Waals surface area contributed by atoms with Crippen molar-refractivity contribution in [2.75, 3.05) is 0 Å². The molecule has 66 valence electrons. The second kappa shape index (κ2) is 2.63. The van der Waals surface area contributed by atoms with E-state index < -0.39 is 17.6 Å². The first-order chi connectivity index (χ1) is 6.09. The van der Waals surface area contributed by atoms with Gasteiger partial charge >= 0.3 is 5.97 Å². The zero-order valence-electron chi connectivity index (χ0n) is 6.14. The summed E-state index contributed by atoms with van der Waals surface area (Å²) in [6.45, 7) is 0. The standard InChI is InChI=1S/C8H2BrFO3/c9-4-2-6-3(1-5(4)10)7(11)8(12)13-6/h1-2H. The third kappa shape index (κ3) is 1.16. The number of ketones is 1. The average molecular weight is 245 g/mol. The van der Waals surface area contributed by atoms with E-state index >= 15 is 0 Å². The number of halogens is 2. The molecule has 0 saturated carbocycles. The van der Waals surface area contributed by atoms with Crippen LogP contribution in [0.5, 0.6) is 5.75 Å². The van der Waals surface area contributed by atoms with Crippen molar-refractivity contribution in [2.24, 2.45) is 0 Å². The van der Waals surface area contributed by atoms with Gasteiger partial charge in [-0.3, -0.25) is 4.79 Å². The van der Waals surface area contributed by atoms with Crippen LogP contribution in [0.3, 0.4) is 0 Å². The van der Waals surface area contributed by atoms with Gasteiger partial charge < -0.3 is 4.74 Å². The van der Waals surface area contributed by atoms with E-state index in [0.717, 1.165) is 6.07 Å². The van der Waals surface area contributed by atoms with E-state index in [-0.39, 0.29) is 15.8 Å². The monoisotopic (exact) mass is 244 g/mol. The van der Waals surface area contributed by atoms with Gasteiger partial charge in [0.15, 0.2) is 0 Å². The van der Waals surface area contributed by atoms with Crippen LogP contribution < -0.4 is 4.74 Å². The first-order valence-corrected chi connectivity index (χ1v) is 4.14. The van der Waals surface area contributed by atoms with Crippen LogP contribution >= 0.6 is 15.9 Å². The zero-order chi connectivity index (χ0) is 9.59. The summed E-state index contributed by atoms with van der Waals surface area (Å²) in [5.41, 5.74) is -0.0225. The Bertz CT molecular complexity index is 428. The van der Waals surface area contributed by atoms with E-state index in [4.69, 9.17) is 0 Å². The van der Waals surface area contributed by atoms with Gasteiger partial charge in [-0.2, -0.15) is 0 Å². The number of benzene rings is 1. The molecule has 1 aliphatic heterocycles. The van der Waals surface area contributed by atoms with Crippen LogP contribution in [-0.4, -0.2) is 11.8 Å². The molecule has 1 aliphatic rings. The molecular formula is C8H2BrFO3. The van der Waals surface area contributed by atoms with Crippen molar-refractivity contribution in [3.05, 3.63) is 28.0 Å². The Kier molecular flexibility index (Phi) is 1.69. The lowest BCUT2D eigenvalue weighted by atomic mass is 10.1. The summed E-state index contributed by atoms with van der Waals surface area (Å²) in [6, 6.07) is 2.24. The molecule has 0 unspecified atom stereocenters. The number of hydrogen-bond acceptors (Lipinski definition) is 3. The highest BCUT2D eigenvalue weighted by molar-refractivity contribution is 9.10. The summed E-state index contributed by atoms with van der Waals surface area (Å²) in [6.07, 6.45) is 0. The number of carbonyl (C=O) groups is 2. The average Bonchev–Trinajstić information content (AvgIpc) is 2.32. The molecule has 0 bridgehead atoms. The second-order valence-corrected chi connectivity index (χ2v) is 3.34. The lowest BCUT2D eigenvalue weighted by molar-refractivity contribution is -0.128. The minimum absolute atomic E-state index is 0.0225. The van der Waals surface area contributed by atoms with Crippen LogP contribution in [0, 0.1) is 5.82 Å². The molecule has 1 aromatic rings. The molecule has 13 heavy (non-hydrogen) atoms.